The Morgan fingerprint density at radius 3 is 2.83 bits per heavy atom. The number of rotatable bonds is 3. The highest BCUT2D eigenvalue weighted by atomic mass is 15.1. The zero-order valence-electron chi connectivity index (χ0n) is 11.0. The fraction of sp³-hybridized carbons (Fsp3) is 0.615. The molecule has 0 unspecified atom stereocenters. The van der Waals surface area contributed by atoms with Crippen LogP contribution in [0.1, 0.15) is 24.2 Å². The molecule has 1 aromatic heterocycles. The second-order valence-electron chi connectivity index (χ2n) is 4.80. The molecule has 96 valence electrons. The van der Waals surface area contributed by atoms with Crippen LogP contribution in [0, 0.1) is 25.2 Å². The van der Waals surface area contributed by atoms with Gasteiger partial charge in [0.1, 0.15) is 5.82 Å². The highest BCUT2D eigenvalue weighted by Gasteiger charge is 2.19. The van der Waals surface area contributed by atoms with Gasteiger partial charge in [0.25, 0.3) is 0 Å². The average Bonchev–Trinajstić information content (AvgIpc) is 2.37. The summed E-state index contributed by atoms with van der Waals surface area (Å²) in [7, 11) is 0. The van der Waals surface area contributed by atoms with Gasteiger partial charge in [-0.25, -0.2) is 4.98 Å². The van der Waals surface area contributed by atoms with Gasteiger partial charge in [-0.3, -0.25) is 9.88 Å². The van der Waals surface area contributed by atoms with Crippen molar-refractivity contribution in [3.8, 4) is 6.07 Å². The number of hydrogen-bond donors (Lipinski definition) is 1. The van der Waals surface area contributed by atoms with Gasteiger partial charge in [-0.05, 0) is 26.7 Å². The van der Waals surface area contributed by atoms with Crippen LogP contribution >= 0.6 is 0 Å². The lowest BCUT2D eigenvalue weighted by molar-refractivity contribution is 0.242. The highest BCUT2D eigenvalue weighted by molar-refractivity contribution is 5.40. The number of hydrogen-bond acceptors (Lipinski definition) is 5. The first-order valence-corrected chi connectivity index (χ1v) is 6.35. The molecule has 2 rings (SSSR count). The van der Waals surface area contributed by atoms with E-state index in [4.69, 9.17) is 5.26 Å². The summed E-state index contributed by atoms with van der Waals surface area (Å²) in [6.07, 6.45) is 3.89. The summed E-state index contributed by atoms with van der Waals surface area (Å²) in [4.78, 5) is 11.0. The van der Waals surface area contributed by atoms with Crippen LogP contribution in [0.15, 0.2) is 6.20 Å². The molecule has 0 atom stereocenters. The van der Waals surface area contributed by atoms with Crippen molar-refractivity contribution in [3.63, 3.8) is 0 Å². The molecule has 0 spiro atoms. The lowest BCUT2D eigenvalue weighted by Gasteiger charge is -2.31. The van der Waals surface area contributed by atoms with Gasteiger partial charge in [-0.15, -0.1) is 0 Å². The lowest BCUT2D eigenvalue weighted by Crippen LogP contribution is -2.39. The summed E-state index contributed by atoms with van der Waals surface area (Å²) in [5, 5.41) is 12.1. The topological polar surface area (TPSA) is 64.8 Å². The highest BCUT2D eigenvalue weighted by Crippen LogP contribution is 2.16. The van der Waals surface area contributed by atoms with Crippen molar-refractivity contribution >= 4 is 5.82 Å². The zero-order chi connectivity index (χ0) is 13.0. The van der Waals surface area contributed by atoms with Crippen LogP contribution in [0.4, 0.5) is 5.82 Å². The van der Waals surface area contributed by atoms with Crippen LogP contribution in [0.3, 0.4) is 0 Å². The van der Waals surface area contributed by atoms with E-state index in [0.717, 1.165) is 43.1 Å². The van der Waals surface area contributed by atoms with E-state index in [9.17, 15) is 0 Å². The monoisotopic (exact) mass is 245 g/mol. The number of aromatic nitrogens is 2. The summed E-state index contributed by atoms with van der Waals surface area (Å²) in [5.41, 5.74) is 1.88. The molecule has 0 radical (unpaired) electrons. The SMILES string of the molecule is Cc1cnc(C)c(NC2CCN(CC#N)CC2)n1. The normalized spacial score (nSPS) is 17.4. The largest absolute Gasteiger partial charge is 0.366 e. The minimum Gasteiger partial charge on any atom is -0.366 e. The predicted molar refractivity (Wildman–Crippen MR) is 70.2 cm³/mol. The quantitative estimate of drug-likeness (QED) is 0.817. The van der Waals surface area contributed by atoms with Crippen molar-refractivity contribution in [3.05, 3.63) is 17.6 Å². The third-order valence-corrected chi connectivity index (χ3v) is 3.30. The molecule has 5 heteroatoms. The summed E-state index contributed by atoms with van der Waals surface area (Å²) in [5.74, 6) is 0.897. The van der Waals surface area contributed by atoms with E-state index in [0.29, 0.717) is 12.6 Å². The molecule has 1 aliphatic heterocycles. The van der Waals surface area contributed by atoms with E-state index in [1.54, 1.807) is 6.20 Å². The second kappa shape index (κ2) is 5.78. The van der Waals surface area contributed by atoms with Crippen molar-refractivity contribution in [1.29, 1.82) is 5.26 Å². The van der Waals surface area contributed by atoms with Gasteiger partial charge in [-0.1, -0.05) is 0 Å². The van der Waals surface area contributed by atoms with Crippen molar-refractivity contribution in [2.75, 3.05) is 25.0 Å². The Hall–Kier alpha value is -1.67. The number of nitriles is 1. The first kappa shape index (κ1) is 12.8. The van der Waals surface area contributed by atoms with Crippen molar-refractivity contribution in [1.82, 2.24) is 14.9 Å². The third-order valence-electron chi connectivity index (χ3n) is 3.30. The number of likely N-dealkylation sites (tertiary alicyclic amines) is 1. The van der Waals surface area contributed by atoms with Gasteiger partial charge in [0.2, 0.25) is 0 Å². The Labute approximate surface area is 108 Å². The molecule has 0 amide bonds. The van der Waals surface area contributed by atoms with Gasteiger partial charge < -0.3 is 5.32 Å². The van der Waals surface area contributed by atoms with Gasteiger partial charge in [0.15, 0.2) is 0 Å². The molecule has 1 N–H and O–H groups in total. The second-order valence-corrected chi connectivity index (χ2v) is 4.80. The van der Waals surface area contributed by atoms with Crippen molar-refractivity contribution < 1.29 is 0 Å². The summed E-state index contributed by atoms with van der Waals surface area (Å²) < 4.78 is 0. The number of nitrogens with zero attached hydrogens (tertiary/aromatic N) is 4. The van der Waals surface area contributed by atoms with E-state index >= 15 is 0 Å². The summed E-state index contributed by atoms with van der Waals surface area (Å²) >= 11 is 0. The molecule has 0 aromatic carbocycles. The maximum Gasteiger partial charge on any atom is 0.147 e. The minimum absolute atomic E-state index is 0.440. The first-order valence-electron chi connectivity index (χ1n) is 6.35. The fourth-order valence-electron chi connectivity index (χ4n) is 2.20. The molecule has 0 bridgehead atoms. The number of nitrogens with one attached hydrogen (secondary N) is 1. The van der Waals surface area contributed by atoms with Gasteiger partial charge in [0.05, 0.1) is 24.0 Å². The number of anilines is 1. The van der Waals surface area contributed by atoms with E-state index in [-0.39, 0.29) is 0 Å². The Morgan fingerprint density at radius 1 is 1.44 bits per heavy atom. The molecule has 0 aliphatic carbocycles. The van der Waals surface area contributed by atoms with E-state index in [2.05, 4.69) is 26.3 Å². The summed E-state index contributed by atoms with van der Waals surface area (Å²) in [6, 6.07) is 2.64. The van der Waals surface area contributed by atoms with Gasteiger partial charge in [0, 0.05) is 25.3 Å². The van der Waals surface area contributed by atoms with Crippen LogP contribution in [-0.2, 0) is 0 Å². The third kappa shape index (κ3) is 3.17. The van der Waals surface area contributed by atoms with Crippen LogP contribution in [0.5, 0.6) is 0 Å². The molecule has 1 saturated heterocycles. The Balaban J connectivity index is 1.92. The maximum absolute atomic E-state index is 8.66. The van der Waals surface area contributed by atoms with Crippen LogP contribution in [-0.4, -0.2) is 40.5 Å². The molecular formula is C13H19N5. The first-order chi connectivity index (χ1) is 8.69. The lowest BCUT2D eigenvalue weighted by atomic mass is 10.1. The molecule has 1 aromatic rings. The zero-order valence-corrected chi connectivity index (χ0v) is 11.0. The molecule has 18 heavy (non-hydrogen) atoms. The standard InChI is InChI=1S/C13H19N5/c1-10-9-15-11(2)13(16-10)17-12-3-6-18(7-4-12)8-5-14/h9,12H,3-4,6-8H2,1-2H3,(H,16,17). The van der Waals surface area contributed by atoms with Gasteiger partial charge >= 0.3 is 0 Å². The smallest absolute Gasteiger partial charge is 0.147 e. The molecule has 5 nitrogen and oxygen atoms in total. The molecule has 2 heterocycles. The predicted octanol–water partition coefficient (Wildman–Crippen LogP) is 1.49. The van der Waals surface area contributed by atoms with E-state index in [1.165, 1.54) is 0 Å². The molecule has 1 fully saturated rings. The fourth-order valence-corrected chi connectivity index (χ4v) is 2.20. The number of piperidine rings is 1. The maximum atomic E-state index is 8.66. The van der Waals surface area contributed by atoms with E-state index < -0.39 is 0 Å². The Morgan fingerprint density at radius 2 is 2.17 bits per heavy atom. The Kier molecular flexibility index (Phi) is 4.11. The molecule has 0 saturated carbocycles. The minimum atomic E-state index is 0.440. The van der Waals surface area contributed by atoms with Crippen LogP contribution < -0.4 is 5.32 Å². The van der Waals surface area contributed by atoms with Crippen LogP contribution in [0.2, 0.25) is 0 Å². The number of aryl methyl sites for hydroxylation is 2. The van der Waals surface area contributed by atoms with Crippen molar-refractivity contribution in [2.45, 2.75) is 32.7 Å². The molecular weight excluding hydrogens is 226 g/mol. The molecule has 1 aliphatic rings. The van der Waals surface area contributed by atoms with Gasteiger partial charge in [-0.2, -0.15) is 5.26 Å². The van der Waals surface area contributed by atoms with Crippen molar-refractivity contribution in [2.24, 2.45) is 0 Å². The summed E-state index contributed by atoms with van der Waals surface area (Å²) in [6.45, 7) is 6.41. The Bertz CT molecular complexity index is 443. The average molecular weight is 245 g/mol. The van der Waals surface area contributed by atoms with Crippen LogP contribution in [0.25, 0.3) is 0 Å². The van der Waals surface area contributed by atoms with E-state index in [1.807, 2.05) is 13.8 Å².